The van der Waals surface area contributed by atoms with E-state index in [1.165, 1.54) is 0 Å². The van der Waals surface area contributed by atoms with Gasteiger partial charge < -0.3 is 9.32 Å². The molecule has 1 aliphatic carbocycles. The van der Waals surface area contributed by atoms with Crippen LogP contribution in [-0.4, -0.2) is 29.7 Å². The van der Waals surface area contributed by atoms with Crippen molar-refractivity contribution < 1.29 is 14.0 Å². The van der Waals surface area contributed by atoms with Gasteiger partial charge in [-0.1, -0.05) is 0 Å². The van der Waals surface area contributed by atoms with Crippen molar-refractivity contribution in [3.63, 3.8) is 0 Å². The predicted molar refractivity (Wildman–Crippen MR) is 72.3 cm³/mol. The van der Waals surface area contributed by atoms with Crippen molar-refractivity contribution in [3.05, 3.63) is 22.6 Å². The first kappa shape index (κ1) is 13.8. The van der Waals surface area contributed by atoms with Gasteiger partial charge in [0.25, 0.3) is 5.91 Å². The van der Waals surface area contributed by atoms with Crippen LogP contribution in [0.3, 0.4) is 0 Å². The standard InChI is InChI=1S/C15H21NO3/c1-9-10(2)19-11(3)14(9)15(18)16(4)12-5-7-13(17)8-6-12/h12H,5-8H2,1-4H3. The molecule has 0 bridgehead atoms. The second-order valence-corrected chi connectivity index (χ2v) is 5.40. The molecule has 2 rings (SSSR count). The molecule has 1 saturated carbocycles. The van der Waals surface area contributed by atoms with Crippen LogP contribution >= 0.6 is 0 Å². The Hall–Kier alpha value is -1.58. The molecule has 1 amide bonds. The maximum absolute atomic E-state index is 12.6. The summed E-state index contributed by atoms with van der Waals surface area (Å²) in [6, 6.07) is 0.166. The zero-order valence-electron chi connectivity index (χ0n) is 12.1. The third-order valence-corrected chi connectivity index (χ3v) is 4.16. The first-order valence-electron chi connectivity index (χ1n) is 6.77. The van der Waals surface area contributed by atoms with Crippen LogP contribution < -0.4 is 0 Å². The Morgan fingerprint density at radius 1 is 1.16 bits per heavy atom. The summed E-state index contributed by atoms with van der Waals surface area (Å²) in [6.07, 6.45) is 2.72. The Bertz CT molecular complexity index is 506. The fourth-order valence-corrected chi connectivity index (χ4v) is 2.76. The van der Waals surface area contributed by atoms with Gasteiger partial charge in [-0.25, -0.2) is 0 Å². The Morgan fingerprint density at radius 2 is 1.74 bits per heavy atom. The molecule has 1 aliphatic rings. The highest BCUT2D eigenvalue weighted by atomic mass is 16.3. The minimum absolute atomic E-state index is 0.00574. The van der Waals surface area contributed by atoms with Crippen LogP contribution in [0, 0.1) is 20.8 Å². The monoisotopic (exact) mass is 263 g/mol. The van der Waals surface area contributed by atoms with E-state index in [2.05, 4.69) is 0 Å². The summed E-state index contributed by atoms with van der Waals surface area (Å²) < 4.78 is 5.52. The van der Waals surface area contributed by atoms with Crippen LogP contribution in [0.1, 0.15) is 53.1 Å². The van der Waals surface area contributed by atoms with E-state index in [1.54, 1.807) is 4.90 Å². The van der Waals surface area contributed by atoms with E-state index < -0.39 is 0 Å². The van der Waals surface area contributed by atoms with Crippen molar-refractivity contribution >= 4 is 11.7 Å². The van der Waals surface area contributed by atoms with Gasteiger partial charge >= 0.3 is 0 Å². The van der Waals surface area contributed by atoms with Crippen LogP contribution in [-0.2, 0) is 4.79 Å². The Labute approximate surface area is 113 Å². The van der Waals surface area contributed by atoms with Gasteiger partial charge in [-0.3, -0.25) is 9.59 Å². The van der Waals surface area contributed by atoms with E-state index in [0.29, 0.717) is 29.9 Å². The summed E-state index contributed by atoms with van der Waals surface area (Å²) in [5.41, 5.74) is 1.60. The summed E-state index contributed by atoms with van der Waals surface area (Å²) >= 11 is 0. The van der Waals surface area contributed by atoms with E-state index in [9.17, 15) is 9.59 Å². The highest BCUT2D eigenvalue weighted by Gasteiger charge is 2.28. The highest BCUT2D eigenvalue weighted by Crippen LogP contribution is 2.25. The number of ketones is 1. The molecule has 0 saturated heterocycles. The minimum atomic E-state index is 0.00574. The van der Waals surface area contributed by atoms with E-state index in [1.807, 2.05) is 27.8 Å². The van der Waals surface area contributed by atoms with Crippen molar-refractivity contribution in [2.75, 3.05) is 7.05 Å². The molecular weight excluding hydrogens is 242 g/mol. The molecule has 0 aliphatic heterocycles. The average Bonchev–Trinajstić information content (AvgIpc) is 2.62. The van der Waals surface area contributed by atoms with Crippen LogP contribution in [0.5, 0.6) is 0 Å². The number of aryl methyl sites for hydroxylation is 2. The summed E-state index contributed by atoms with van der Waals surface area (Å²) in [4.78, 5) is 25.6. The van der Waals surface area contributed by atoms with E-state index >= 15 is 0 Å². The average molecular weight is 263 g/mol. The molecule has 19 heavy (non-hydrogen) atoms. The molecule has 0 spiro atoms. The lowest BCUT2D eigenvalue weighted by Gasteiger charge is -2.30. The molecule has 0 radical (unpaired) electrons. The van der Waals surface area contributed by atoms with Crippen molar-refractivity contribution in [1.82, 2.24) is 4.90 Å². The molecule has 4 nitrogen and oxygen atoms in total. The topological polar surface area (TPSA) is 50.5 Å². The second-order valence-electron chi connectivity index (χ2n) is 5.40. The molecule has 104 valence electrons. The number of amides is 1. The fourth-order valence-electron chi connectivity index (χ4n) is 2.76. The summed E-state index contributed by atoms with van der Waals surface area (Å²) in [6.45, 7) is 5.61. The van der Waals surface area contributed by atoms with Crippen molar-refractivity contribution in [2.24, 2.45) is 0 Å². The molecule has 0 aromatic carbocycles. The molecule has 0 atom stereocenters. The number of carbonyl (C=O) groups is 2. The van der Waals surface area contributed by atoms with Gasteiger partial charge in [0.2, 0.25) is 0 Å². The molecule has 0 unspecified atom stereocenters. The number of rotatable bonds is 2. The minimum Gasteiger partial charge on any atom is -0.466 e. The lowest BCUT2D eigenvalue weighted by molar-refractivity contribution is -0.121. The lowest BCUT2D eigenvalue weighted by atomic mass is 9.93. The zero-order chi connectivity index (χ0) is 14.2. The van der Waals surface area contributed by atoms with Gasteiger partial charge in [0, 0.05) is 31.5 Å². The van der Waals surface area contributed by atoms with Crippen molar-refractivity contribution in [3.8, 4) is 0 Å². The normalized spacial score (nSPS) is 16.7. The van der Waals surface area contributed by atoms with E-state index in [0.717, 1.165) is 24.2 Å². The van der Waals surface area contributed by atoms with Crippen LogP contribution in [0.15, 0.2) is 4.42 Å². The molecule has 4 heteroatoms. The SMILES string of the molecule is Cc1oc(C)c(C(=O)N(C)C2CCC(=O)CC2)c1C. The van der Waals surface area contributed by atoms with Gasteiger partial charge in [0.1, 0.15) is 17.3 Å². The molecule has 0 N–H and O–H groups in total. The van der Waals surface area contributed by atoms with Crippen molar-refractivity contribution in [1.29, 1.82) is 0 Å². The van der Waals surface area contributed by atoms with Crippen LogP contribution in [0.4, 0.5) is 0 Å². The number of furan rings is 1. The summed E-state index contributed by atoms with van der Waals surface area (Å²) in [5.74, 6) is 1.79. The number of nitrogens with zero attached hydrogens (tertiary/aromatic N) is 1. The Kier molecular flexibility index (Phi) is 3.78. The second kappa shape index (κ2) is 5.19. The van der Waals surface area contributed by atoms with Crippen LogP contribution in [0.25, 0.3) is 0 Å². The van der Waals surface area contributed by atoms with Gasteiger partial charge in [0.15, 0.2) is 0 Å². The highest BCUT2D eigenvalue weighted by molar-refractivity contribution is 5.97. The maximum Gasteiger partial charge on any atom is 0.257 e. The number of hydrogen-bond acceptors (Lipinski definition) is 3. The van der Waals surface area contributed by atoms with Gasteiger partial charge in [0.05, 0.1) is 5.56 Å². The Morgan fingerprint density at radius 3 is 2.21 bits per heavy atom. The van der Waals surface area contributed by atoms with Gasteiger partial charge in [-0.2, -0.15) is 0 Å². The zero-order valence-corrected chi connectivity index (χ0v) is 12.1. The molecule has 1 fully saturated rings. The summed E-state index contributed by atoms with van der Waals surface area (Å²) in [7, 11) is 1.82. The fraction of sp³-hybridized carbons (Fsp3) is 0.600. The lowest BCUT2D eigenvalue weighted by Crippen LogP contribution is -2.39. The predicted octanol–water partition coefficient (Wildman–Crippen LogP) is 2.79. The maximum atomic E-state index is 12.6. The largest absolute Gasteiger partial charge is 0.466 e. The van der Waals surface area contributed by atoms with Crippen molar-refractivity contribution in [2.45, 2.75) is 52.5 Å². The molecule has 1 aromatic rings. The first-order chi connectivity index (χ1) is 8.91. The quantitative estimate of drug-likeness (QED) is 0.824. The number of Topliss-reactive ketones (excluding diaryl/α,β-unsaturated/α-hetero) is 1. The Balaban J connectivity index is 2.17. The third kappa shape index (κ3) is 2.57. The van der Waals surface area contributed by atoms with E-state index in [4.69, 9.17) is 4.42 Å². The smallest absolute Gasteiger partial charge is 0.257 e. The molecule has 1 heterocycles. The molecule has 1 aromatic heterocycles. The van der Waals surface area contributed by atoms with Gasteiger partial charge in [-0.05, 0) is 33.6 Å². The van der Waals surface area contributed by atoms with Crippen LogP contribution in [0.2, 0.25) is 0 Å². The van der Waals surface area contributed by atoms with E-state index in [-0.39, 0.29) is 11.9 Å². The number of carbonyl (C=O) groups excluding carboxylic acids is 2. The van der Waals surface area contributed by atoms with Gasteiger partial charge in [-0.15, -0.1) is 0 Å². The number of hydrogen-bond donors (Lipinski definition) is 0. The summed E-state index contributed by atoms with van der Waals surface area (Å²) in [5, 5.41) is 0. The molecular formula is C15H21NO3. The first-order valence-corrected chi connectivity index (χ1v) is 6.77. The third-order valence-electron chi connectivity index (χ3n) is 4.16.